The van der Waals surface area contributed by atoms with Crippen LogP contribution in [-0.4, -0.2) is 47.2 Å². The summed E-state index contributed by atoms with van der Waals surface area (Å²) >= 11 is 12.0. The van der Waals surface area contributed by atoms with Crippen LogP contribution in [0.3, 0.4) is 0 Å². The zero-order valence-electron chi connectivity index (χ0n) is 17.1. The molecule has 164 valence electrons. The molecule has 0 saturated heterocycles. The van der Waals surface area contributed by atoms with Gasteiger partial charge in [0.2, 0.25) is 10.0 Å². The van der Waals surface area contributed by atoms with E-state index in [1.165, 1.54) is 23.3 Å². The number of unbranched alkanes of at least 4 members (excludes halogenated alkanes) is 1. The molecule has 1 heterocycles. The first kappa shape index (κ1) is 23.2. The number of nitrogens with zero attached hydrogens (tertiary/aromatic N) is 1. The highest BCUT2D eigenvalue weighted by Crippen LogP contribution is 2.33. The average molecular weight is 473 g/mol. The van der Waals surface area contributed by atoms with Crippen molar-refractivity contribution in [3.8, 4) is 11.5 Å². The van der Waals surface area contributed by atoms with Crippen molar-refractivity contribution in [2.75, 3.05) is 33.9 Å². The van der Waals surface area contributed by atoms with Crippen LogP contribution in [0.4, 0.5) is 0 Å². The van der Waals surface area contributed by atoms with E-state index in [4.69, 9.17) is 32.7 Å². The Morgan fingerprint density at radius 1 is 1.03 bits per heavy atom. The van der Waals surface area contributed by atoms with Gasteiger partial charge in [-0.05, 0) is 61.2 Å². The molecule has 0 spiro atoms. The number of halogens is 2. The van der Waals surface area contributed by atoms with Crippen molar-refractivity contribution in [1.82, 2.24) is 9.62 Å². The number of hydrogen-bond acceptors (Lipinski definition) is 5. The van der Waals surface area contributed by atoms with Crippen LogP contribution in [-0.2, 0) is 23.0 Å². The predicted octanol–water partition coefficient (Wildman–Crippen LogP) is 4.13. The number of methoxy groups -OCH3 is 2. The van der Waals surface area contributed by atoms with E-state index in [0.717, 1.165) is 50.4 Å². The SMILES string of the molecule is COc1cc2c(cc1OC)CN(CCCCNS(=O)(=O)c1c(Cl)cccc1Cl)CC2. The highest BCUT2D eigenvalue weighted by Gasteiger charge is 2.21. The van der Waals surface area contributed by atoms with Crippen LogP contribution < -0.4 is 14.2 Å². The first-order valence-corrected chi connectivity index (χ1v) is 12.0. The molecule has 2 aromatic rings. The number of fused-ring (bicyclic) bond motifs is 1. The monoisotopic (exact) mass is 472 g/mol. The maximum Gasteiger partial charge on any atom is 0.243 e. The number of ether oxygens (including phenoxy) is 2. The minimum Gasteiger partial charge on any atom is -0.493 e. The first-order valence-electron chi connectivity index (χ1n) is 9.75. The molecule has 0 fully saturated rings. The van der Waals surface area contributed by atoms with Crippen LogP contribution >= 0.6 is 23.2 Å². The largest absolute Gasteiger partial charge is 0.493 e. The highest BCUT2D eigenvalue weighted by molar-refractivity contribution is 7.89. The summed E-state index contributed by atoms with van der Waals surface area (Å²) in [6.45, 7) is 3.03. The van der Waals surface area contributed by atoms with Gasteiger partial charge in [0, 0.05) is 19.6 Å². The van der Waals surface area contributed by atoms with Crippen molar-refractivity contribution in [3.05, 3.63) is 51.5 Å². The van der Waals surface area contributed by atoms with E-state index in [2.05, 4.69) is 15.7 Å². The molecule has 0 bridgehead atoms. The van der Waals surface area contributed by atoms with Gasteiger partial charge in [-0.1, -0.05) is 29.3 Å². The topological polar surface area (TPSA) is 67.9 Å². The van der Waals surface area contributed by atoms with Gasteiger partial charge in [0.05, 0.1) is 24.3 Å². The quantitative estimate of drug-likeness (QED) is 0.555. The second-order valence-electron chi connectivity index (χ2n) is 7.16. The van der Waals surface area contributed by atoms with Crippen LogP contribution in [0.2, 0.25) is 10.0 Å². The Balaban J connectivity index is 1.49. The maximum atomic E-state index is 12.5. The minimum atomic E-state index is -3.73. The molecular weight excluding hydrogens is 447 g/mol. The van der Waals surface area contributed by atoms with Crippen LogP contribution in [0.15, 0.2) is 35.2 Å². The fourth-order valence-electron chi connectivity index (χ4n) is 3.61. The van der Waals surface area contributed by atoms with Crippen molar-refractivity contribution >= 4 is 33.2 Å². The van der Waals surface area contributed by atoms with E-state index in [-0.39, 0.29) is 14.9 Å². The van der Waals surface area contributed by atoms with Gasteiger partial charge >= 0.3 is 0 Å². The van der Waals surface area contributed by atoms with E-state index in [9.17, 15) is 8.42 Å². The Hall–Kier alpha value is -1.51. The number of nitrogens with one attached hydrogen (secondary N) is 1. The molecular formula is C21H26Cl2N2O4S. The van der Waals surface area contributed by atoms with E-state index >= 15 is 0 Å². The molecule has 6 nitrogen and oxygen atoms in total. The summed E-state index contributed by atoms with van der Waals surface area (Å²) in [5.74, 6) is 1.50. The molecule has 3 rings (SSSR count). The fourth-order valence-corrected chi connectivity index (χ4v) is 5.82. The molecule has 0 amide bonds. The smallest absolute Gasteiger partial charge is 0.243 e. The molecule has 2 aromatic carbocycles. The second kappa shape index (κ2) is 10.2. The summed E-state index contributed by atoms with van der Waals surface area (Å²) in [6, 6.07) is 8.75. The normalized spacial score (nSPS) is 14.4. The van der Waals surface area contributed by atoms with Crippen LogP contribution in [0.5, 0.6) is 11.5 Å². The minimum absolute atomic E-state index is 0.0645. The lowest BCUT2D eigenvalue weighted by Crippen LogP contribution is -2.32. The predicted molar refractivity (Wildman–Crippen MR) is 119 cm³/mol. The highest BCUT2D eigenvalue weighted by atomic mass is 35.5. The number of benzene rings is 2. The molecule has 9 heteroatoms. The molecule has 0 radical (unpaired) electrons. The third kappa shape index (κ3) is 5.39. The van der Waals surface area contributed by atoms with Gasteiger partial charge in [-0.25, -0.2) is 13.1 Å². The summed E-state index contributed by atoms with van der Waals surface area (Å²) < 4.78 is 38.3. The summed E-state index contributed by atoms with van der Waals surface area (Å²) in [7, 11) is -0.448. The van der Waals surface area contributed by atoms with Gasteiger partial charge in [-0.15, -0.1) is 0 Å². The molecule has 1 aliphatic rings. The van der Waals surface area contributed by atoms with Gasteiger partial charge in [0.25, 0.3) is 0 Å². The van der Waals surface area contributed by atoms with Gasteiger partial charge in [0.1, 0.15) is 4.90 Å². The zero-order chi connectivity index (χ0) is 21.7. The van der Waals surface area contributed by atoms with Crippen molar-refractivity contribution < 1.29 is 17.9 Å². The molecule has 0 atom stereocenters. The Labute approximate surface area is 188 Å². The Kier molecular flexibility index (Phi) is 7.87. The lowest BCUT2D eigenvalue weighted by Gasteiger charge is -2.29. The summed E-state index contributed by atoms with van der Waals surface area (Å²) in [4.78, 5) is 2.30. The molecule has 0 saturated carbocycles. The van der Waals surface area contributed by atoms with Gasteiger partial charge in [0.15, 0.2) is 11.5 Å². The second-order valence-corrected chi connectivity index (χ2v) is 9.68. The molecule has 30 heavy (non-hydrogen) atoms. The molecule has 1 N–H and O–H groups in total. The summed E-state index contributed by atoms with van der Waals surface area (Å²) in [5.41, 5.74) is 2.53. The van der Waals surface area contributed by atoms with Crippen molar-refractivity contribution in [2.45, 2.75) is 30.7 Å². The third-order valence-corrected chi connectivity index (χ3v) is 7.59. The summed E-state index contributed by atoms with van der Waals surface area (Å²) in [6.07, 6.45) is 2.55. The molecule has 1 aliphatic heterocycles. The summed E-state index contributed by atoms with van der Waals surface area (Å²) in [5, 5.41) is 0.239. The van der Waals surface area contributed by atoms with E-state index in [1.807, 2.05) is 6.07 Å². The Bertz CT molecular complexity index is 978. The Morgan fingerprint density at radius 2 is 1.67 bits per heavy atom. The first-order chi connectivity index (χ1) is 14.4. The Morgan fingerprint density at radius 3 is 2.30 bits per heavy atom. The van der Waals surface area contributed by atoms with Gasteiger partial charge < -0.3 is 9.47 Å². The standard InChI is InChI=1S/C21H26Cl2N2O4S/c1-28-19-12-15-8-11-25(14-16(15)13-20(19)29-2)10-4-3-9-24-30(26,27)21-17(22)6-5-7-18(21)23/h5-7,12-13,24H,3-4,8-11,14H2,1-2H3. The van der Waals surface area contributed by atoms with Crippen LogP contribution in [0, 0.1) is 0 Å². The van der Waals surface area contributed by atoms with Crippen molar-refractivity contribution in [3.63, 3.8) is 0 Å². The fraction of sp³-hybridized carbons (Fsp3) is 0.429. The van der Waals surface area contributed by atoms with Gasteiger partial charge in [-0.2, -0.15) is 0 Å². The van der Waals surface area contributed by atoms with Gasteiger partial charge in [-0.3, -0.25) is 4.90 Å². The number of hydrogen-bond donors (Lipinski definition) is 1. The van der Waals surface area contributed by atoms with E-state index in [0.29, 0.717) is 6.54 Å². The van der Waals surface area contributed by atoms with Crippen molar-refractivity contribution in [2.24, 2.45) is 0 Å². The average Bonchev–Trinajstić information content (AvgIpc) is 2.72. The van der Waals surface area contributed by atoms with Crippen LogP contribution in [0.25, 0.3) is 0 Å². The molecule has 0 aliphatic carbocycles. The third-order valence-electron chi connectivity index (χ3n) is 5.18. The zero-order valence-corrected chi connectivity index (χ0v) is 19.4. The van der Waals surface area contributed by atoms with Crippen LogP contribution in [0.1, 0.15) is 24.0 Å². The van der Waals surface area contributed by atoms with Crippen molar-refractivity contribution in [1.29, 1.82) is 0 Å². The number of sulfonamides is 1. The molecule has 0 unspecified atom stereocenters. The lowest BCUT2D eigenvalue weighted by molar-refractivity contribution is 0.248. The maximum absolute atomic E-state index is 12.5. The number of rotatable bonds is 9. The lowest BCUT2D eigenvalue weighted by atomic mass is 9.98. The molecule has 0 aromatic heterocycles. The van der Waals surface area contributed by atoms with E-state index in [1.54, 1.807) is 20.3 Å². The van der Waals surface area contributed by atoms with E-state index < -0.39 is 10.0 Å².